The van der Waals surface area contributed by atoms with Gasteiger partial charge in [0.1, 0.15) is 0 Å². The van der Waals surface area contributed by atoms with Crippen LogP contribution in [0.3, 0.4) is 0 Å². The maximum atomic E-state index is 2.28. The number of allylic oxidation sites excluding steroid dienone is 6. The Balaban J connectivity index is 2.30. The van der Waals surface area contributed by atoms with Crippen molar-refractivity contribution in [1.82, 2.24) is 0 Å². The topological polar surface area (TPSA) is 0 Å². The van der Waals surface area contributed by atoms with Gasteiger partial charge in [-0.2, -0.15) is 0 Å². The summed E-state index contributed by atoms with van der Waals surface area (Å²) < 4.78 is 0. The van der Waals surface area contributed by atoms with E-state index in [-0.39, 0.29) is 0 Å². The summed E-state index contributed by atoms with van der Waals surface area (Å²) in [6.45, 7) is 0. The molecule has 0 bridgehead atoms. The van der Waals surface area contributed by atoms with E-state index in [1.807, 2.05) is 0 Å². The smallest absolute Gasteiger partial charge is 0.0133 e. The van der Waals surface area contributed by atoms with Crippen molar-refractivity contribution < 1.29 is 0 Å². The van der Waals surface area contributed by atoms with Gasteiger partial charge >= 0.3 is 0 Å². The Labute approximate surface area is 75.7 Å². The largest absolute Gasteiger partial charge is 0.0882 e. The Morgan fingerprint density at radius 2 is 1.42 bits per heavy atom. The average Bonchev–Trinajstić information content (AvgIpc) is 2.05. The van der Waals surface area contributed by atoms with Crippen molar-refractivity contribution in [3.05, 3.63) is 42.9 Å². The van der Waals surface area contributed by atoms with Crippen LogP contribution in [-0.2, 0) is 0 Å². The first-order chi connectivity index (χ1) is 6.00. The first-order valence-electron chi connectivity index (χ1n) is 4.78. The molecule has 12 heavy (non-hydrogen) atoms. The molecule has 0 heteroatoms. The van der Waals surface area contributed by atoms with E-state index in [0.717, 1.165) is 12.8 Å². The van der Waals surface area contributed by atoms with E-state index >= 15 is 0 Å². The van der Waals surface area contributed by atoms with Gasteiger partial charge < -0.3 is 0 Å². The maximum absolute atomic E-state index is 2.28. The highest BCUT2D eigenvalue weighted by Gasteiger charge is 1.83. The molecule has 1 aliphatic carbocycles. The molecule has 0 aromatic rings. The summed E-state index contributed by atoms with van der Waals surface area (Å²) in [5.41, 5.74) is 0. The van der Waals surface area contributed by atoms with E-state index in [0.29, 0.717) is 0 Å². The van der Waals surface area contributed by atoms with Gasteiger partial charge in [0.2, 0.25) is 0 Å². The molecule has 0 unspecified atom stereocenters. The molecule has 0 N–H and O–H groups in total. The van der Waals surface area contributed by atoms with E-state index in [1.54, 1.807) is 0 Å². The van der Waals surface area contributed by atoms with Gasteiger partial charge in [-0.3, -0.25) is 0 Å². The van der Waals surface area contributed by atoms with Crippen molar-refractivity contribution in [2.45, 2.75) is 32.1 Å². The summed E-state index contributed by atoms with van der Waals surface area (Å²) in [7, 11) is 0. The van der Waals surface area contributed by atoms with Gasteiger partial charge in [0, 0.05) is 0 Å². The van der Waals surface area contributed by atoms with Crippen LogP contribution >= 0.6 is 0 Å². The van der Waals surface area contributed by atoms with Crippen molar-refractivity contribution in [3.8, 4) is 0 Å². The lowest BCUT2D eigenvalue weighted by molar-refractivity contribution is 0.864. The summed E-state index contributed by atoms with van der Waals surface area (Å²) >= 11 is 0. The van der Waals surface area contributed by atoms with E-state index in [2.05, 4.69) is 42.9 Å². The van der Waals surface area contributed by atoms with Gasteiger partial charge in [-0.25, -0.2) is 0 Å². The van der Waals surface area contributed by atoms with Crippen molar-refractivity contribution in [2.24, 2.45) is 0 Å². The molecule has 0 amide bonds. The molecule has 65 valence electrons. The number of rotatable bonds is 0. The summed E-state index contributed by atoms with van der Waals surface area (Å²) in [4.78, 5) is 0. The third-order valence-electron chi connectivity index (χ3n) is 1.89. The van der Waals surface area contributed by atoms with E-state index < -0.39 is 0 Å². The molecule has 0 atom stereocenters. The highest BCUT2D eigenvalue weighted by molar-refractivity contribution is 5.02. The number of hydrogen-bond donors (Lipinski definition) is 0. The Bertz CT molecular complexity index is 172. The Kier molecular flexibility index (Phi) is 5.35. The van der Waals surface area contributed by atoms with Gasteiger partial charge in [-0.1, -0.05) is 36.5 Å². The zero-order valence-corrected chi connectivity index (χ0v) is 7.58. The average molecular weight is 161 g/mol. The Morgan fingerprint density at radius 1 is 0.667 bits per heavy atom. The van der Waals surface area contributed by atoms with Gasteiger partial charge in [0.05, 0.1) is 0 Å². The van der Waals surface area contributed by atoms with Gasteiger partial charge in [-0.05, 0) is 38.5 Å². The van der Waals surface area contributed by atoms with Crippen molar-refractivity contribution >= 4 is 0 Å². The minimum atomic E-state index is 1.07. The summed E-state index contributed by atoms with van der Waals surface area (Å²) in [6, 6.07) is 0. The molecule has 1 aliphatic rings. The quantitative estimate of drug-likeness (QED) is 0.474. The first-order valence-corrected chi connectivity index (χ1v) is 4.78. The fourth-order valence-electron chi connectivity index (χ4n) is 1.19. The lowest BCUT2D eigenvalue weighted by Gasteiger charge is -1.92. The van der Waals surface area contributed by atoms with Gasteiger partial charge in [-0.15, -0.1) is 0 Å². The van der Waals surface area contributed by atoms with Crippen LogP contribution in [0.15, 0.2) is 36.5 Å². The summed E-state index contributed by atoms with van der Waals surface area (Å²) in [5.74, 6) is 0. The van der Waals surface area contributed by atoms with E-state index in [9.17, 15) is 0 Å². The molecule has 0 saturated heterocycles. The zero-order valence-electron chi connectivity index (χ0n) is 7.58. The highest BCUT2D eigenvalue weighted by atomic mass is 13.9. The van der Waals surface area contributed by atoms with Crippen LogP contribution in [0.1, 0.15) is 32.1 Å². The summed E-state index contributed by atoms with van der Waals surface area (Å²) in [6.07, 6.45) is 21.5. The van der Waals surface area contributed by atoms with Gasteiger partial charge in [0.25, 0.3) is 0 Å². The fraction of sp³-hybridized carbons (Fsp3) is 0.417. The lowest BCUT2D eigenvalue weighted by Crippen LogP contribution is -1.73. The van der Waals surface area contributed by atoms with Gasteiger partial charge in [0.15, 0.2) is 0 Å². The standard InChI is InChI=1S/C12H17/c1-2-4-6-8-10-12-11-9-7-5-3-1/h1-3,6,8,11-12H,4-5,7,9-10H2/b3-1+,8-6+,12-11-. The van der Waals surface area contributed by atoms with Crippen LogP contribution in [-0.4, -0.2) is 0 Å². The van der Waals surface area contributed by atoms with Crippen molar-refractivity contribution in [1.29, 1.82) is 0 Å². The molecule has 1 rings (SSSR count). The van der Waals surface area contributed by atoms with Crippen LogP contribution in [0.2, 0.25) is 0 Å². The monoisotopic (exact) mass is 161 g/mol. The molecule has 1 radical (unpaired) electrons. The maximum Gasteiger partial charge on any atom is -0.0133 e. The highest BCUT2D eigenvalue weighted by Crippen LogP contribution is 2.02. The third-order valence-corrected chi connectivity index (χ3v) is 1.89. The Morgan fingerprint density at radius 3 is 2.42 bits per heavy atom. The molecule has 0 spiro atoms. The summed E-state index contributed by atoms with van der Waals surface area (Å²) in [5, 5.41) is 0. The minimum absolute atomic E-state index is 1.07. The second-order valence-electron chi connectivity index (χ2n) is 3.01. The molecular formula is C12H17. The van der Waals surface area contributed by atoms with Crippen LogP contribution < -0.4 is 0 Å². The van der Waals surface area contributed by atoms with Crippen LogP contribution in [0.4, 0.5) is 0 Å². The minimum Gasteiger partial charge on any atom is -0.0882 e. The van der Waals surface area contributed by atoms with Crippen molar-refractivity contribution in [2.75, 3.05) is 0 Å². The lowest BCUT2D eigenvalue weighted by atomic mass is 10.1. The molecule has 0 saturated carbocycles. The molecular weight excluding hydrogens is 144 g/mol. The van der Waals surface area contributed by atoms with Crippen molar-refractivity contribution in [3.63, 3.8) is 0 Å². The third kappa shape index (κ3) is 4.95. The molecule has 0 nitrogen and oxygen atoms in total. The first kappa shape index (κ1) is 9.31. The molecule has 0 heterocycles. The van der Waals surface area contributed by atoms with Crippen LogP contribution in [0, 0.1) is 6.42 Å². The van der Waals surface area contributed by atoms with E-state index in [1.165, 1.54) is 19.3 Å². The van der Waals surface area contributed by atoms with E-state index in [4.69, 9.17) is 0 Å². The predicted octanol–water partition coefficient (Wildman–Crippen LogP) is 3.82. The normalized spacial score (nSPS) is 28.0. The SMILES string of the molecule is [CH]1/C=C/CCC/C=C\C/C=C/C1. The molecule has 0 aliphatic heterocycles. The number of hydrogen-bond acceptors (Lipinski definition) is 0. The second kappa shape index (κ2) is 6.90. The fourth-order valence-corrected chi connectivity index (χ4v) is 1.19. The Hall–Kier alpha value is -0.780. The van der Waals surface area contributed by atoms with Crippen LogP contribution in [0.5, 0.6) is 0 Å². The zero-order chi connectivity index (χ0) is 8.49. The second-order valence-corrected chi connectivity index (χ2v) is 3.01. The molecule has 0 aromatic carbocycles. The molecule has 0 aromatic heterocycles. The predicted molar refractivity (Wildman–Crippen MR) is 54.8 cm³/mol. The molecule has 0 fully saturated rings. The van der Waals surface area contributed by atoms with Crippen LogP contribution in [0.25, 0.3) is 0 Å².